The van der Waals surface area contributed by atoms with Crippen molar-refractivity contribution in [1.29, 1.82) is 0 Å². The molecule has 0 bridgehead atoms. The van der Waals surface area contributed by atoms with Crippen LogP contribution in [-0.2, 0) is 9.53 Å². The summed E-state index contributed by atoms with van der Waals surface area (Å²) in [5, 5.41) is 0. The minimum atomic E-state index is -0.0527. The van der Waals surface area contributed by atoms with E-state index in [1.807, 2.05) is 13.8 Å². The van der Waals surface area contributed by atoms with Crippen LogP contribution in [0.25, 0.3) is 0 Å². The first kappa shape index (κ1) is 15.5. The van der Waals surface area contributed by atoms with Crippen LogP contribution < -0.4 is 0 Å². The molecule has 0 aliphatic rings. The third-order valence-corrected chi connectivity index (χ3v) is 2.44. The van der Waals surface area contributed by atoms with Gasteiger partial charge in [-0.05, 0) is 31.1 Å². The van der Waals surface area contributed by atoms with Gasteiger partial charge in [-0.15, -0.1) is 0 Å². The molecule has 96 valence electrons. The summed E-state index contributed by atoms with van der Waals surface area (Å²) in [6.07, 6.45) is 1.85. The van der Waals surface area contributed by atoms with Crippen molar-refractivity contribution in [2.24, 2.45) is 17.3 Å². The van der Waals surface area contributed by atoms with Crippen LogP contribution in [0.1, 0.15) is 61.3 Å². The third-order valence-electron chi connectivity index (χ3n) is 2.44. The van der Waals surface area contributed by atoms with Crippen molar-refractivity contribution >= 4 is 5.97 Å². The minimum absolute atomic E-state index is 0.00499. The van der Waals surface area contributed by atoms with Crippen LogP contribution in [0, 0.1) is 17.3 Å². The molecule has 0 saturated heterocycles. The molecule has 0 rings (SSSR count). The van der Waals surface area contributed by atoms with Gasteiger partial charge in [0.15, 0.2) is 0 Å². The summed E-state index contributed by atoms with van der Waals surface area (Å²) in [5.74, 6) is 0.512. The molecule has 0 saturated carbocycles. The van der Waals surface area contributed by atoms with Gasteiger partial charge in [0.2, 0.25) is 0 Å². The zero-order valence-corrected chi connectivity index (χ0v) is 12.0. The maximum Gasteiger partial charge on any atom is 0.308 e. The summed E-state index contributed by atoms with van der Waals surface area (Å²) in [6, 6.07) is 0. The van der Waals surface area contributed by atoms with Crippen molar-refractivity contribution in [3.8, 4) is 0 Å². The van der Waals surface area contributed by atoms with Crippen LogP contribution in [0.5, 0.6) is 0 Å². The van der Waals surface area contributed by atoms with Crippen LogP contribution in [0.3, 0.4) is 0 Å². The van der Waals surface area contributed by atoms with Crippen LogP contribution in [0.15, 0.2) is 0 Å². The van der Waals surface area contributed by atoms with Gasteiger partial charge in [-0.25, -0.2) is 0 Å². The standard InChI is InChI=1S/C14H28O2/c1-10(2)8-12(4)16-13(15)11(3)9-14(5,6)7/h10-12H,8-9H2,1-7H3. The number of carbonyl (C=O) groups is 1. The van der Waals surface area contributed by atoms with E-state index < -0.39 is 0 Å². The molecule has 0 aromatic carbocycles. The number of rotatable bonds is 5. The molecule has 0 N–H and O–H groups in total. The molecule has 2 heteroatoms. The lowest BCUT2D eigenvalue weighted by Gasteiger charge is -2.24. The van der Waals surface area contributed by atoms with Crippen molar-refractivity contribution in [3.05, 3.63) is 0 Å². The highest BCUT2D eigenvalue weighted by Gasteiger charge is 2.23. The normalized spacial score (nSPS) is 16.0. The Morgan fingerprint density at radius 2 is 1.62 bits per heavy atom. The fourth-order valence-electron chi connectivity index (χ4n) is 2.03. The summed E-state index contributed by atoms with van der Waals surface area (Å²) in [5.41, 5.74) is 0.180. The fraction of sp³-hybridized carbons (Fsp3) is 0.929. The highest BCUT2D eigenvalue weighted by atomic mass is 16.5. The van der Waals surface area contributed by atoms with Gasteiger partial charge in [0.05, 0.1) is 12.0 Å². The van der Waals surface area contributed by atoms with Crippen LogP contribution in [-0.4, -0.2) is 12.1 Å². The lowest BCUT2D eigenvalue weighted by atomic mass is 9.85. The molecular formula is C14H28O2. The van der Waals surface area contributed by atoms with Crippen molar-refractivity contribution in [2.75, 3.05) is 0 Å². The Morgan fingerprint density at radius 3 is 2.00 bits per heavy atom. The highest BCUT2D eigenvalue weighted by molar-refractivity contribution is 5.72. The Labute approximate surface area is 101 Å². The van der Waals surface area contributed by atoms with E-state index in [0.717, 1.165) is 12.8 Å². The van der Waals surface area contributed by atoms with Crippen molar-refractivity contribution in [2.45, 2.75) is 67.4 Å². The Kier molecular flexibility index (Phi) is 6.06. The summed E-state index contributed by atoms with van der Waals surface area (Å²) < 4.78 is 5.43. The topological polar surface area (TPSA) is 26.3 Å². The largest absolute Gasteiger partial charge is 0.462 e. The molecule has 16 heavy (non-hydrogen) atoms. The maximum absolute atomic E-state index is 11.8. The van der Waals surface area contributed by atoms with E-state index in [4.69, 9.17) is 4.74 Å². The third kappa shape index (κ3) is 7.72. The van der Waals surface area contributed by atoms with Gasteiger partial charge in [-0.2, -0.15) is 0 Å². The fourth-order valence-corrected chi connectivity index (χ4v) is 2.03. The van der Waals surface area contributed by atoms with Gasteiger partial charge >= 0.3 is 5.97 Å². The number of esters is 1. The Bertz CT molecular complexity index is 213. The quantitative estimate of drug-likeness (QED) is 0.664. The van der Waals surface area contributed by atoms with Gasteiger partial charge in [0, 0.05) is 0 Å². The maximum atomic E-state index is 11.8. The van der Waals surface area contributed by atoms with Gasteiger partial charge in [-0.3, -0.25) is 4.79 Å². The van der Waals surface area contributed by atoms with Gasteiger partial charge in [0.1, 0.15) is 0 Å². The molecule has 2 atom stereocenters. The Balaban J connectivity index is 4.05. The second kappa shape index (κ2) is 6.27. The summed E-state index contributed by atoms with van der Waals surface area (Å²) in [6.45, 7) is 14.7. The first-order valence-electron chi connectivity index (χ1n) is 6.32. The van der Waals surface area contributed by atoms with Crippen molar-refractivity contribution in [3.63, 3.8) is 0 Å². The molecule has 0 amide bonds. The van der Waals surface area contributed by atoms with Gasteiger partial charge in [0.25, 0.3) is 0 Å². The SMILES string of the molecule is CC(C)CC(C)OC(=O)C(C)CC(C)(C)C. The summed E-state index contributed by atoms with van der Waals surface area (Å²) >= 11 is 0. The predicted octanol–water partition coefficient (Wildman–Crippen LogP) is 4.04. The molecular weight excluding hydrogens is 200 g/mol. The number of carbonyl (C=O) groups excluding carboxylic acids is 1. The summed E-state index contributed by atoms with van der Waals surface area (Å²) in [4.78, 5) is 11.8. The summed E-state index contributed by atoms with van der Waals surface area (Å²) in [7, 11) is 0. The molecule has 0 aliphatic heterocycles. The molecule has 0 spiro atoms. The minimum Gasteiger partial charge on any atom is -0.462 e. The van der Waals surface area contributed by atoms with Gasteiger partial charge in [-0.1, -0.05) is 41.5 Å². The Hall–Kier alpha value is -0.530. The second-order valence-corrected chi connectivity index (χ2v) is 6.54. The van der Waals surface area contributed by atoms with E-state index >= 15 is 0 Å². The highest BCUT2D eigenvalue weighted by Crippen LogP contribution is 2.25. The van der Waals surface area contributed by atoms with Crippen LogP contribution in [0.2, 0.25) is 0 Å². The molecule has 0 heterocycles. The van der Waals surface area contributed by atoms with E-state index in [9.17, 15) is 4.79 Å². The first-order valence-corrected chi connectivity index (χ1v) is 6.32. The van der Waals surface area contributed by atoms with E-state index in [-0.39, 0.29) is 23.4 Å². The average Bonchev–Trinajstić information content (AvgIpc) is 1.98. The molecule has 0 radical (unpaired) electrons. The van der Waals surface area contributed by atoms with Crippen molar-refractivity contribution in [1.82, 2.24) is 0 Å². The zero-order valence-electron chi connectivity index (χ0n) is 12.0. The van der Waals surface area contributed by atoms with E-state index in [1.54, 1.807) is 0 Å². The van der Waals surface area contributed by atoms with Crippen LogP contribution in [0.4, 0.5) is 0 Å². The Morgan fingerprint density at radius 1 is 1.12 bits per heavy atom. The number of ether oxygens (including phenoxy) is 1. The van der Waals surface area contributed by atoms with Gasteiger partial charge < -0.3 is 4.74 Å². The van der Waals surface area contributed by atoms with Crippen LogP contribution >= 0.6 is 0 Å². The number of hydrogen-bond acceptors (Lipinski definition) is 2. The zero-order chi connectivity index (χ0) is 12.9. The van der Waals surface area contributed by atoms with E-state index in [0.29, 0.717) is 5.92 Å². The molecule has 2 nitrogen and oxygen atoms in total. The lowest BCUT2D eigenvalue weighted by Crippen LogP contribution is -2.25. The first-order chi connectivity index (χ1) is 7.11. The molecule has 0 fully saturated rings. The molecule has 0 aromatic heterocycles. The molecule has 0 aliphatic carbocycles. The average molecular weight is 228 g/mol. The monoisotopic (exact) mass is 228 g/mol. The second-order valence-electron chi connectivity index (χ2n) is 6.54. The number of hydrogen-bond donors (Lipinski definition) is 0. The molecule has 2 unspecified atom stereocenters. The lowest BCUT2D eigenvalue weighted by molar-refractivity contribution is -0.154. The molecule has 0 aromatic rings. The predicted molar refractivity (Wildman–Crippen MR) is 68.2 cm³/mol. The smallest absolute Gasteiger partial charge is 0.308 e. The van der Waals surface area contributed by atoms with Crippen molar-refractivity contribution < 1.29 is 9.53 Å². The van der Waals surface area contributed by atoms with E-state index in [1.165, 1.54) is 0 Å². The van der Waals surface area contributed by atoms with E-state index in [2.05, 4.69) is 34.6 Å².